The van der Waals surface area contributed by atoms with Crippen LogP contribution in [0.2, 0.25) is 0 Å². The maximum atomic E-state index is 13.1. The molecule has 190 valence electrons. The maximum absolute atomic E-state index is 13.1. The highest BCUT2D eigenvalue weighted by atomic mass is 32.3. The van der Waals surface area contributed by atoms with Crippen molar-refractivity contribution in [2.45, 2.75) is 38.8 Å². The van der Waals surface area contributed by atoms with Crippen molar-refractivity contribution in [3.63, 3.8) is 0 Å². The Labute approximate surface area is 201 Å². The van der Waals surface area contributed by atoms with Gasteiger partial charge in [-0.05, 0) is 20.8 Å². The number of β-lactam (4-membered cyclic amide) rings is 1. The van der Waals surface area contributed by atoms with Crippen LogP contribution in [0.15, 0.2) is 27.6 Å². The molecule has 1 amide bonds. The molecule has 2 aromatic rings. The Morgan fingerprint density at radius 3 is 2.60 bits per heavy atom. The van der Waals surface area contributed by atoms with Crippen LogP contribution in [-0.2, 0) is 29.1 Å². The summed E-state index contributed by atoms with van der Waals surface area (Å²) in [6.07, 6.45) is -0.763. The second-order valence-corrected chi connectivity index (χ2v) is 9.91. The number of ketones is 1. The quantitative estimate of drug-likeness (QED) is 0.112. The number of carbonyl (C=O) groups excluding carboxylic acids is 2. The summed E-state index contributed by atoms with van der Waals surface area (Å²) in [6, 6.07) is 0.914. The molecule has 0 bridgehead atoms. The average molecular weight is 532 g/mol. The predicted molar refractivity (Wildman–Crippen MR) is 119 cm³/mol. The van der Waals surface area contributed by atoms with E-state index in [9.17, 15) is 33.1 Å². The van der Waals surface area contributed by atoms with E-state index in [-0.39, 0.29) is 22.2 Å². The maximum Gasteiger partial charge on any atom is 0.418 e. The van der Waals surface area contributed by atoms with Crippen molar-refractivity contribution in [1.82, 2.24) is 14.8 Å². The molecule has 1 aliphatic heterocycles. The Morgan fingerprint density at radius 1 is 1.40 bits per heavy atom. The Balaban J connectivity index is 1.85. The van der Waals surface area contributed by atoms with Crippen LogP contribution in [0, 0.1) is 5.92 Å². The Bertz CT molecular complexity index is 1360. The number of Topliss-reactive ketones (excluding diaryl/α,β-unsaturated/α-hetero) is 1. The fraction of sp³-hybridized carbons (Fsp3) is 0.389. The van der Waals surface area contributed by atoms with Crippen LogP contribution in [0.25, 0.3) is 0 Å². The van der Waals surface area contributed by atoms with Gasteiger partial charge in [-0.25, -0.2) is 4.98 Å². The van der Waals surface area contributed by atoms with Crippen molar-refractivity contribution in [3.8, 4) is 5.75 Å². The molecule has 0 aromatic carbocycles. The molecular formula is C18H21N5O10S2. The number of pyridine rings is 1. The molecule has 0 radical (unpaired) electrons. The Hall–Kier alpha value is -3.54. The Morgan fingerprint density at radius 2 is 2.06 bits per heavy atom. The summed E-state index contributed by atoms with van der Waals surface area (Å²) in [5, 5.41) is 25.1. The van der Waals surface area contributed by atoms with Crippen LogP contribution in [0.1, 0.15) is 44.7 Å². The van der Waals surface area contributed by atoms with Crippen LogP contribution in [0.5, 0.6) is 5.75 Å². The lowest BCUT2D eigenvalue weighted by atomic mass is 9.74. The van der Waals surface area contributed by atoms with Gasteiger partial charge >= 0.3 is 10.4 Å². The summed E-state index contributed by atoms with van der Waals surface area (Å²) in [6.45, 7) is 4.26. The molecule has 1 saturated heterocycles. The van der Waals surface area contributed by atoms with E-state index in [0.717, 1.165) is 23.6 Å². The van der Waals surface area contributed by atoms with Gasteiger partial charge in [0.05, 0.1) is 17.7 Å². The highest BCUT2D eigenvalue weighted by molar-refractivity contribution is 7.80. The second kappa shape index (κ2) is 9.25. The zero-order valence-electron chi connectivity index (χ0n) is 18.5. The highest BCUT2D eigenvalue weighted by Crippen LogP contribution is 2.40. The number of hydrogen-bond acceptors (Lipinski definition) is 13. The third kappa shape index (κ3) is 5.42. The van der Waals surface area contributed by atoms with Gasteiger partial charge in [-0.2, -0.15) is 18.2 Å². The van der Waals surface area contributed by atoms with E-state index in [1.54, 1.807) is 0 Å². The zero-order valence-corrected chi connectivity index (χ0v) is 20.1. The van der Waals surface area contributed by atoms with Crippen LogP contribution in [-0.4, -0.2) is 61.0 Å². The summed E-state index contributed by atoms with van der Waals surface area (Å²) in [4.78, 5) is 46.5. The van der Waals surface area contributed by atoms with Gasteiger partial charge in [0.1, 0.15) is 11.4 Å². The number of thiazole rings is 1. The fourth-order valence-electron chi connectivity index (χ4n) is 3.30. The predicted octanol–water partition coefficient (Wildman–Crippen LogP) is 0.242. The van der Waals surface area contributed by atoms with Crippen molar-refractivity contribution < 1.29 is 42.0 Å². The third-order valence-corrected chi connectivity index (χ3v) is 6.23. The second-order valence-electron chi connectivity index (χ2n) is 8.02. The van der Waals surface area contributed by atoms with Gasteiger partial charge in [0.15, 0.2) is 28.5 Å². The summed E-state index contributed by atoms with van der Waals surface area (Å²) in [7, 11) is -4.96. The monoisotopic (exact) mass is 531 g/mol. The van der Waals surface area contributed by atoms with Gasteiger partial charge in [0.2, 0.25) is 5.43 Å². The molecule has 2 atom stereocenters. The van der Waals surface area contributed by atoms with Crippen LogP contribution >= 0.6 is 11.3 Å². The van der Waals surface area contributed by atoms with Crippen molar-refractivity contribution in [2.75, 3.05) is 5.73 Å². The van der Waals surface area contributed by atoms with Crippen LogP contribution in [0.4, 0.5) is 5.13 Å². The minimum Gasteiger partial charge on any atom is -0.503 e. The van der Waals surface area contributed by atoms with E-state index in [0.29, 0.717) is 9.79 Å². The van der Waals surface area contributed by atoms with E-state index < -0.39 is 57.2 Å². The summed E-state index contributed by atoms with van der Waals surface area (Å²) in [5.41, 5.74) is 3.21. The molecule has 1 aliphatic rings. The van der Waals surface area contributed by atoms with E-state index >= 15 is 0 Å². The largest absolute Gasteiger partial charge is 0.503 e. The zero-order chi connectivity index (χ0) is 26.3. The third-order valence-electron chi connectivity index (χ3n) is 5.22. The number of nitrogen functional groups attached to an aromatic ring is 1. The molecule has 5 N–H and O–H groups in total. The minimum atomic E-state index is -4.96. The number of aromatic hydroxyl groups is 1. The fourth-order valence-corrected chi connectivity index (χ4v) is 4.31. The molecule has 35 heavy (non-hydrogen) atoms. The lowest BCUT2D eigenvalue weighted by molar-refractivity contribution is -0.228. The van der Waals surface area contributed by atoms with Crippen LogP contribution < -0.4 is 11.2 Å². The van der Waals surface area contributed by atoms with E-state index in [4.69, 9.17) is 15.1 Å². The summed E-state index contributed by atoms with van der Waals surface area (Å²) in [5.74, 6) is -3.30. The molecule has 17 heteroatoms. The first-order valence-electron chi connectivity index (χ1n) is 9.76. The van der Waals surface area contributed by atoms with Crippen LogP contribution in [0.3, 0.4) is 0 Å². The molecule has 3 rings (SSSR count). The summed E-state index contributed by atoms with van der Waals surface area (Å²) >= 11 is 1.01. The highest BCUT2D eigenvalue weighted by Gasteiger charge is 2.57. The lowest BCUT2D eigenvalue weighted by Crippen LogP contribution is -2.68. The molecule has 0 unspecified atom stereocenters. The van der Waals surface area contributed by atoms with Crippen molar-refractivity contribution >= 4 is 44.3 Å². The van der Waals surface area contributed by atoms with Gasteiger partial charge in [-0.1, -0.05) is 5.16 Å². The smallest absolute Gasteiger partial charge is 0.418 e. The summed E-state index contributed by atoms with van der Waals surface area (Å²) < 4.78 is 35.6. The molecule has 0 saturated carbocycles. The molecule has 15 nitrogen and oxygen atoms in total. The first kappa shape index (κ1) is 26.1. The first-order valence-corrected chi connectivity index (χ1v) is 12.0. The molecule has 2 aromatic heterocycles. The van der Waals surface area contributed by atoms with E-state index in [1.165, 1.54) is 26.2 Å². The first-order chi connectivity index (χ1) is 16.1. The lowest BCUT2D eigenvalue weighted by Gasteiger charge is -2.50. The van der Waals surface area contributed by atoms with Crippen molar-refractivity contribution in [2.24, 2.45) is 11.1 Å². The van der Waals surface area contributed by atoms with Gasteiger partial charge < -0.3 is 20.9 Å². The topological polar surface area (TPSA) is 224 Å². The number of aromatic nitrogens is 2. The number of oxime groups is 1. The van der Waals surface area contributed by atoms with Gasteiger partial charge in [0.25, 0.3) is 5.91 Å². The number of hydrogen-bond donors (Lipinski definition) is 4. The van der Waals surface area contributed by atoms with Crippen molar-refractivity contribution in [1.29, 1.82) is 0 Å². The molecule has 3 heterocycles. The molecule has 1 fully saturated rings. The number of nitrogens with zero attached hydrogens (tertiary/aromatic N) is 4. The van der Waals surface area contributed by atoms with Gasteiger partial charge in [-0.3, -0.25) is 18.9 Å². The standard InChI is InChI=1S/C18H21N5O10S2/c1-8(11-5-12(24)14(26)6-22(11)28)32-21-15(10-7-34-17(19)20-10)13(25)4-9-16(27)23(18(9,2)3)33-35(29,30)31/h5-9,26,28H,4H2,1-3H3,(H2,19,20)(H,29,30,31)/b21-15-/t8-,9-/m1/s1. The normalized spacial score (nSPS) is 18.7. The number of rotatable bonds is 9. The molecule has 0 aliphatic carbocycles. The van der Waals surface area contributed by atoms with E-state index in [2.05, 4.69) is 14.4 Å². The minimum absolute atomic E-state index is 0.0346. The number of carbonyl (C=O) groups is 2. The average Bonchev–Trinajstić information content (AvgIpc) is 3.17. The van der Waals surface area contributed by atoms with E-state index in [1.807, 2.05) is 0 Å². The SMILES string of the molecule is C[C@@H](O/N=C(\C(=O)C[C@@H]1C(=O)N(OS(=O)(=O)O)C1(C)C)c1csc(N)n1)c1cc(=O)c(O)cn1O. The molecule has 0 spiro atoms. The van der Waals surface area contributed by atoms with Gasteiger partial charge in [-0.15, -0.1) is 15.6 Å². The van der Waals surface area contributed by atoms with Gasteiger partial charge in [0, 0.05) is 17.9 Å². The number of nitrogens with two attached hydrogens (primary N) is 1. The van der Waals surface area contributed by atoms with Crippen molar-refractivity contribution in [3.05, 3.63) is 39.3 Å². The molecular weight excluding hydrogens is 510 g/mol. The number of anilines is 1. The number of amides is 1. The number of hydroxylamine groups is 2. The Kier molecular flexibility index (Phi) is 6.89.